The van der Waals surface area contributed by atoms with Gasteiger partial charge in [-0.05, 0) is 7.05 Å². The third-order valence-electron chi connectivity index (χ3n) is 3.09. The van der Waals surface area contributed by atoms with E-state index < -0.39 is 37.4 Å². The zero-order chi connectivity index (χ0) is 16.0. The van der Waals surface area contributed by atoms with Crippen LogP contribution in [0.4, 0.5) is 13.2 Å². The Balaban J connectivity index is 2.57. The molecule has 1 rings (SSSR count). The molecule has 0 aromatic carbocycles. The van der Waals surface area contributed by atoms with Crippen LogP contribution >= 0.6 is 0 Å². The number of hydrogen-bond donors (Lipinski definition) is 1. The Hall–Kier alpha value is -1.35. The fourth-order valence-corrected chi connectivity index (χ4v) is 2.07. The van der Waals surface area contributed by atoms with Crippen molar-refractivity contribution in [3.63, 3.8) is 0 Å². The highest BCUT2D eigenvalue weighted by Gasteiger charge is 2.30. The number of hydrogen-bond acceptors (Lipinski definition) is 4. The molecule has 122 valence electrons. The molecule has 6 nitrogen and oxygen atoms in total. The molecule has 0 unspecified atom stereocenters. The van der Waals surface area contributed by atoms with Crippen LogP contribution in [0.2, 0.25) is 0 Å². The van der Waals surface area contributed by atoms with Crippen LogP contribution < -0.4 is 5.73 Å². The van der Waals surface area contributed by atoms with Crippen molar-refractivity contribution in [3.8, 4) is 0 Å². The van der Waals surface area contributed by atoms with Gasteiger partial charge in [0.2, 0.25) is 11.8 Å². The molecule has 0 aromatic rings. The van der Waals surface area contributed by atoms with E-state index in [-0.39, 0.29) is 12.6 Å². The van der Waals surface area contributed by atoms with Crippen molar-refractivity contribution in [2.24, 2.45) is 5.73 Å². The van der Waals surface area contributed by atoms with Gasteiger partial charge >= 0.3 is 6.18 Å². The first-order valence-electron chi connectivity index (χ1n) is 6.60. The first-order valence-corrected chi connectivity index (χ1v) is 6.60. The van der Waals surface area contributed by atoms with E-state index in [4.69, 9.17) is 10.5 Å². The number of primary amides is 1. The summed E-state index contributed by atoms with van der Waals surface area (Å²) in [4.78, 5) is 25.8. The average Bonchev–Trinajstić information content (AvgIpc) is 2.33. The van der Waals surface area contributed by atoms with Crippen LogP contribution in [0.1, 0.15) is 12.8 Å². The summed E-state index contributed by atoms with van der Waals surface area (Å²) >= 11 is 0. The zero-order valence-electron chi connectivity index (χ0n) is 11.9. The first-order chi connectivity index (χ1) is 9.67. The maximum atomic E-state index is 12.2. The number of carbonyl (C=O) groups excluding carboxylic acids is 2. The Morgan fingerprint density at radius 2 is 2.10 bits per heavy atom. The van der Waals surface area contributed by atoms with Crippen LogP contribution in [0.3, 0.4) is 0 Å². The number of ether oxygens (including phenoxy) is 1. The molecule has 2 N–H and O–H groups in total. The molecule has 0 spiro atoms. The molecule has 9 heteroatoms. The molecule has 2 amide bonds. The van der Waals surface area contributed by atoms with E-state index in [0.29, 0.717) is 13.2 Å². The van der Waals surface area contributed by atoms with Crippen molar-refractivity contribution in [1.29, 1.82) is 0 Å². The van der Waals surface area contributed by atoms with Gasteiger partial charge in [-0.25, -0.2) is 0 Å². The Bertz CT molecular complexity index is 376. The van der Waals surface area contributed by atoms with E-state index in [1.165, 1.54) is 0 Å². The number of morpholine rings is 1. The molecule has 1 saturated heterocycles. The largest absolute Gasteiger partial charge is 0.389 e. The summed E-state index contributed by atoms with van der Waals surface area (Å²) in [5.41, 5.74) is 5.04. The van der Waals surface area contributed by atoms with Crippen LogP contribution in [0.5, 0.6) is 0 Å². The second-order valence-corrected chi connectivity index (χ2v) is 5.11. The quantitative estimate of drug-likeness (QED) is 0.747. The van der Waals surface area contributed by atoms with Gasteiger partial charge in [0.05, 0.1) is 25.7 Å². The molecule has 21 heavy (non-hydrogen) atoms. The van der Waals surface area contributed by atoms with Crippen molar-refractivity contribution in [1.82, 2.24) is 9.80 Å². The minimum atomic E-state index is -4.41. The normalized spacial score (nSPS) is 20.3. The smallest absolute Gasteiger partial charge is 0.374 e. The van der Waals surface area contributed by atoms with Crippen molar-refractivity contribution < 1.29 is 27.5 Å². The summed E-state index contributed by atoms with van der Waals surface area (Å²) in [7, 11) is 1.87. The molecule has 1 aliphatic heterocycles. The Kier molecular flexibility index (Phi) is 6.41. The number of likely N-dealkylation sites (N-methyl/N-ethyl adjacent to an activating group) is 1. The minimum absolute atomic E-state index is 0.0595. The van der Waals surface area contributed by atoms with E-state index in [9.17, 15) is 22.8 Å². The van der Waals surface area contributed by atoms with Gasteiger partial charge in [-0.2, -0.15) is 13.2 Å². The van der Waals surface area contributed by atoms with E-state index in [2.05, 4.69) is 0 Å². The summed E-state index contributed by atoms with van der Waals surface area (Å²) < 4.78 is 41.9. The second kappa shape index (κ2) is 7.60. The van der Waals surface area contributed by atoms with Crippen molar-refractivity contribution >= 4 is 11.8 Å². The van der Waals surface area contributed by atoms with Gasteiger partial charge in [0, 0.05) is 26.1 Å². The molecule has 0 saturated carbocycles. The maximum Gasteiger partial charge on any atom is 0.389 e. The fourth-order valence-electron chi connectivity index (χ4n) is 2.07. The lowest BCUT2D eigenvalue weighted by molar-refractivity contribution is -0.151. The topological polar surface area (TPSA) is 75.9 Å². The number of halogens is 3. The molecular formula is C12H20F3N3O3. The standard InChI is InChI=1S/C12H20F3N3O3/c1-17-4-5-21-9(6-17)7-18(8-10(16)19)11(20)2-3-12(13,14)15/h9H,2-8H2,1H3,(H2,16,19)/t9-/m1/s1. The summed E-state index contributed by atoms with van der Waals surface area (Å²) in [6.07, 6.45) is -6.65. The van der Waals surface area contributed by atoms with E-state index in [1.54, 1.807) is 0 Å². The third-order valence-corrected chi connectivity index (χ3v) is 3.09. The lowest BCUT2D eigenvalue weighted by Crippen LogP contribution is -2.49. The second-order valence-electron chi connectivity index (χ2n) is 5.11. The lowest BCUT2D eigenvalue weighted by Gasteiger charge is -2.33. The van der Waals surface area contributed by atoms with E-state index in [1.807, 2.05) is 11.9 Å². The third kappa shape index (κ3) is 7.28. The lowest BCUT2D eigenvalue weighted by atomic mass is 10.2. The average molecular weight is 311 g/mol. The number of amides is 2. The van der Waals surface area contributed by atoms with Gasteiger partial charge < -0.3 is 20.3 Å². The molecule has 1 atom stereocenters. The van der Waals surface area contributed by atoms with Crippen LogP contribution in [-0.4, -0.2) is 73.7 Å². The molecule has 0 aromatic heterocycles. The Morgan fingerprint density at radius 3 is 2.62 bits per heavy atom. The SMILES string of the molecule is CN1CCO[C@@H](CN(CC(N)=O)C(=O)CCC(F)(F)F)C1. The van der Waals surface area contributed by atoms with E-state index in [0.717, 1.165) is 11.4 Å². The number of alkyl halides is 3. The van der Waals surface area contributed by atoms with Crippen molar-refractivity contribution in [2.75, 3.05) is 39.8 Å². The Morgan fingerprint density at radius 1 is 1.43 bits per heavy atom. The highest BCUT2D eigenvalue weighted by molar-refractivity contribution is 5.83. The van der Waals surface area contributed by atoms with Gasteiger partial charge in [-0.1, -0.05) is 0 Å². The monoisotopic (exact) mass is 311 g/mol. The number of rotatable bonds is 6. The van der Waals surface area contributed by atoms with Crippen LogP contribution in [0.25, 0.3) is 0 Å². The number of nitrogens with two attached hydrogens (primary N) is 1. The van der Waals surface area contributed by atoms with Crippen molar-refractivity contribution in [3.05, 3.63) is 0 Å². The van der Waals surface area contributed by atoms with Gasteiger partial charge in [-0.15, -0.1) is 0 Å². The van der Waals surface area contributed by atoms with E-state index >= 15 is 0 Å². The molecule has 1 aliphatic rings. The molecule has 1 fully saturated rings. The first kappa shape index (κ1) is 17.7. The maximum absolute atomic E-state index is 12.2. The van der Waals surface area contributed by atoms with Gasteiger partial charge in [0.25, 0.3) is 0 Å². The molecule has 0 aliphatic carbocycles. The summed E-state index contributed by atoms with van der Waals surface area (Å²) in [5.74, 6) is -1.51. The predicted molar refractivity (Wildman–Crippen MR) is 68.3 cm³/mol. The fraction of sp³-hybridized carbons (Fsp3) is 0.833. The molecule has 1 heterocycles. The number of carbonyl (C=O) groups is 2. The highest BCUT2D eigenvalue weighted by Crippen LogP contribution is 2.22. The van der Waals surface area contributed by atoms with Crippen LogP contribution in [0.15, 0.2) is 0 Å². The van der Waals surface area contributed by atoms with Crippen molar-refractivity contribution in [2.45, 2.75) is 25.1 Å². The highest BCUT2D eigenvalue weighted by atomic mass is 19.4. The minimum Gasteiger partial charge on any atom is -0.374 e. The van der Waals surface area contributed by atoms with Gasteiger partial charge in [0.1, 0.15) is 0 Å². The molecule has 0 bridgehead atoms. The van der Waals surface area contributed by atoms with Gasteiger partial charge in [-0.3, -0.25) is 9.59 Å². The predicted octanol–water partition coefficient (Wildman–Crippen LogP) is -0.0266. The molecule has 0 radical (unpaired) electrons. The zero-order valence-corrected chi connectivity index (χ0v) is 11.9. The van der Waals surface area contributed by atoms with Crippen LogP contribution in [-0.2, 0) is 14.3 Å². The van der Waals surface area contributed by atoms with Gasteiger partial charge in [0.15, 0.2) is 0 Å². The summed E-state index contributed by atoms with van der Waals surface area (Å²) in [5, 5.41) is 0. The molecular weight excluding hydrogens is 291 g/mol. The number of nitrogens with zero attached hydrogens (tertiary/aromatic N) is 2. The Labute approximate surface area is 121 Å². The summed E-state index contributed by atoms with van der Waals surface area (Å²) in [6.45, 7) is 1.42. The van der Waals surface area contributed by atoms with Crippen LogP contribution in [0, 0.1) is 0 Å². The summed E-state index contributed by atoms with van der Waals surface area (Å²) in [6, 6.07) is 0.